The number of aliphatic imine (C=N–C) groups is 1. The van der Waals surface area contributed by atoms with Crippen LogP contribution in [0.25, 0.3) is 0 Å². The number of ether oxygens (including phenoxy) is 1. The van der Waals surface area contributed by atoms with Crippen molar-refractivity contribution in [3.8, 4) is 0 Å². The monoisotopic (exact) mass is 365 g/mol. The molecule has 2 atom stereocenters. The normalized spacial score (nSPS) is 20.4. The van der Waals surface area contributed by atoms with Crippen LogP contribution >= 0.6 is 0 Å². The van der Waals surface area contributed by atoms with Gasteiger partial charge in [0.1, 0.15) is 6.10 Å². The fraction of sp³-hybridized carbons (Fsp3) is 0.632. The van der Waals surface area contributed by atoms with E-state index in [-0.39, 0.29) is 10.9 Å². The molecule has 1 aromatic carbocycles. The van der Waals surface area contributed by atoms with Crippen molar-refractivity contribution in [2.45, 2.75) is 38.5 Å². The lowest BCUT2D eigenvalue weighted by molar-refractivity contribution is -0.00827. The van der Waals surface area contributed by atoms with Gasteiger partial charge in [-0.1, -0.05) is 24.3 Å². The molecule has 1 fully saturated rings. The molecular weight excluding hydrogens is 334 g/mol. The van der Waals surface area contributed by atoms with E-state index in [1.807, 2.05) is 20.8 Å². The van der Waals surface area contributed by atoms with Gasteiger partial charge in [-0.3, -0.25) is 9.20 Å². The first-order chi connectivity index (χ1) is 11.8. The van der Waals surface area contributed by atoms with Crippen molar-refractivity contribution < 1.29 is 8.95 Å². The van der Waals surface area contributed by atoms with Crippen LogP contribution in [-0.4, -0.2) is 58.9 Å². The highest BCUT2D eigenvalue weighted by molar-refractivity contribution is 7.86. The number of nitrogens with zero attached hydrogens (tertiary/aromatic N) is 2. The Morgan fingerprint density at radius 2 is 2.12 bits per heavy atom. The van der Waals surface area contributed by atoms with Gasteiger partial charge in [0.2, 0.25) is 0 Å². The van der Waals surface area contributed by atoms with E-state index < -0.39 is 10.8 Å². The second-order valence-electron chi connectivity index (χ2n) is 7.30. The van der Waals surface area contributed by atoms with Gasteiger partial charge in [-0.25, -0.2) is 0 Å². The second-order valence-corrected chi connectivity index (χ2v) is 9.62. The summed E-state index contributed by atoms with van der Waals surface area (Å²) in [5, 5.41) is 3.36. The van der Waals surface area contributed by atoms with E-state index in [0.29, 0.717) is 18.9 Å². The van der Waals surface area contributed by atoms with Crippen LogP contribution in [0.4, 0.5) is 0 Å². The van der Waals surface area contributed by atoms with Gasteiger partial charge in [-0.2, -0.15) is 0 Å². The molecule has 1 aliphatic rings. The fourth-order valence-electron chi connectivity index (χ4n) is 2.87. The maximum absolute atomic E-state index is 12.2. The second kappa shape index (κ2) is 8.81. The van der Waals surface area contributed by atoms with Crippen molar-refractivity contribution >= 4 is 16.8 Å². The van der Waals surface area contributed by atoms with Gasteiger partial charge in [0, 0.05) is 41.4 Å². The summed E-state index contributed by atoms with van der Waals surface area (Å²) in [4.78, 5) is 6.62. The van der Waals surface area contributed by atoms with Crippen molar-refractivity contribution in [1.29, 1.82) is 0 Å². The lowest BCUT2D eigenvalue weighted by Crippen LogP contribution is -2.49. The lowest BCUT2D eigenvalue weighted by Gasteiger charge is -2.35. The molecule has 6 heteroatoms. The average Bonchev–Trinajstić information content (AvgIpc) is 2.58. The number of morpholine rings is 1. The van der Waals surface area contributed by atoms with Crippen LogP contribution in [0.15, 0.2) is 29.3 Å². The van der Waals surface area contributed by atoms with E-state index in [4.69, 9.17) is 4.74 Å². The van der Waals surface area contributed by atoms with Crippen LogP contribution in [-0.2, 0) is 15.5 Å². The van der Waals surface area contributed by atoms with E-state index >= 15 is 0 Å². The smallest absolute Gasteiger partial charge is 0.193 e. The van der Waals surface area contributed by atoms with E-state index in [9.17, 15) is 4.21 Å². The molecule has 1 saturated heterocycles. The van der Waals surface area contributed by atoms with E-state index in [2.05, 4.69) is 46.4 Å². The predicted octanol–water partition coefficient (Wildman–Crippen LogP) is 2.49. The third kappa shape index (κ3) is 5.54. The molecule has 1 heterocycles. The summed E-state index contributed by atoms with van der Waals surface area (Å²) in [5.74, 6) is 1.47. The van der Waals surface area contributed by atoms with Crippen LogP contribution in [0.5, 0.6) is 0 Å². The maximum atomic E-state index is 12.2. The summed E-state index contributed by atoms with van der Waals surface area (Å²) in [7, 11) is 0.932. The molecule has 0 spiro atoms. The number of hydrogen-bond donors (Lipinski definition) is 1. The summed E-state index contributed by atoms with van der Waals surface area (Å²) >= 11 is 0. The maximum Gasteiger partial charge on any atom is 0.193 e. The predicted molar refractivity (Wildman–Crippen MR) is 106 cm³/mol. The van der Waals surface area contributed by atoms with Gasteiger partial charge >= 0.3 is 0 Å². The number of aryl methyl sites for hydroxylation is 1. The van der Waals surface area contributed by atoms with Crippen LogP contribution in [0.1, 0.15) is 38.0 Å². The first kappa shape index (κ1) is 19.9. The van der Waals surface area contributed by atoms with Crippen molar-refractivity contribution in [2.75, 3.05) is 39.0 Å². The zero-order valence-corrected chi connectivity index (χ0v) is 16.9. The minimum absolute atomic E-state index is 0.0530. The molecule has 1 aromatic rings. The average molecular weight is 366 g/mol. The van der Waals surface area contributed by atoms with Gasteiger partial charge in [-0.05, 0) is 38.8 Å². The quantitative estimate of drug-likeness (QED) is 0.658. The first-order valence-corrected chi connectivity index (χ1v) is 10.2. The molecule has 25 heavy (non-hydrogen) atoms. The van der Waals surface area contributed by atoms with E-state index in [1.54, 1.807) is 7.05 Å². The molecule has 0 aliphatic carbocycles. The molecule has 1 N–H and O–H groups in total. The third-order valence-corrected chi connectivity index (χ3v) is 6.31. The summed E-state index contributed by atoms with van der Waals surface area (Å²) in [6, 6.07) is 8.35. The zero-order chi connectivity index (χ0) is 18.4. The molecular formula is C19H31N3O2S. The number of nitrogens with one attached hydrogen (secondary N) is 1. The highest BCUT2D eigenvalue weighted by Crippen LogP contribution is 2.24. The van der Waals surface area contributed by atoms with Crippen LogP contribution in [0, 0.1) is 6.92 Å². The van der Waals surface area contributed by atoms with Crippen molar-refractivity contribution in [2.24, 2.45) is 4.99 Å². The lowest BCUT2D eigenvalue weighted by atomic mass is 10.0. The highest BCUT2D eigenvalue weighted by atomic mass is 32.2. The number of benzene rings is 1. The Kier molecular flexibility index (Phi) is 7.02. The molecule has 0 saturated carbocycles. The molecule has 140 valence electrons. The number of guanidine groups is 1. The van der Waals surface area contributed by atoms with Gasteiger partial charge in [0.25, 0.3) is 0 Å². The molecule has 2 unspecified atom stereocenters. The van der Waals surface area contributed by atoms with Gasteiger partial charge < -0.3 is 15.0 Å². The Bertz CT molecular complexity index is 625. The van der Waals surface area contributed by atoms with Gasteiger partial charge in [0.15, 0.2) is 5.96 Å². The Morgan fingerprint density at radius 1 is 1.40 bits per heavy atom. The Hall–Kier alpha value is -1.40. The minimum atomic E-state index is -0.861. The molecule has 0 radical (unpaired) electrons. The molecule has 0 bridgehead atoms. The van der Waals surface area contributed by atoms with Gasteiger partial charge in [-0.15, -0.1) is 0 Å². The molecule has 0 amide bonds. The Labute approximate surface area is 154 Å². The number of rotatable bonds is 4. The molecule has 2 rings (SSSR count). The van der Waals surface area contributed by atoms with Crippen molar-refractivity contribution in [3.63, 3.8) is 0 Å². The third-order valence-electron chi connectivity index (χ3n) is 4.37. The summed E-state index contributed by atoms with van der Waals surface area (Å²) in [6.07, 6.45) is 0.0530. The molecule has 0 aromatic heterocycles. The SMILES string of the molecule is CN=C(NCCS(=O)C(C)(C)C)N1CCOC(c2ccccc2C)C1. The van der Waals surface area contributed by atoms with Crippen LogP contribution < -0.4 is 5.32 Å². The minimum Gasteiger partial charge on any atom is -0.370 e. The summed E-state index contributed by atoms with van der Waals surface area (Å²) < 4.78 is 18.0. The van der Waals surface area contributed by atoms with Crippen molar-refractivity contribution in [3.05, 3.63) is 35.4 Å². The zero-order valence-electron chi connectivity index (χ0n) is 16.0. The Morgan fingerprint density at radius 3 is 2.76 bits per heavy atom. The van der Waals surface area contributed by atoms with Crippen molar-refractivity contribution in [1.82, 2.24) is 10.2 Å². The summed E-state index contributed by atoms with van der Waals surface area (Å²) in [5.41, 5.74) is 2.48. The van der Waals surface area contributed by atoms with Crippen LogP contribution in [0.3, 0.4) is 0 Å². The standard InChI is InChI=1S/C19H31N3O2S/c1-15-8-6-7-9-16(15)17-14-22(11-12-24-17)18(20-5)21-10-13-25(23)19(2,3)4/h6-9,17H,10-14H2,1-5H3,(H,20,21). The van der Waals surface area contributed by atoms with E-state index in [1.165, 1.54) is 11.1 Å². The summed E-state index contributed by atoms with van der Waals surface area (Å²) in [6.45, 7) is 11.0. The highest BCUT2D eigenvalue weighted by Gasteiger charge is 2.25. The molecule has 1 aliphatic heterocycles. The topological polar surface area (TPSA) is 53.9 Å². The fourth-order valence-corrected chi connectivity index (χ4v) is 3.77. The Balaban J connectivity index is 1.94. The number of hydrogen-bond acceptors (Lipinski definition) is 3. The largest absolute Gasteiger partial charge is 0.370 e. The van der Waals surface area contributed by atoms with Crippen LogP contribution in [0.2, 0.25) is 0 Å². The molecule has 5 nitrogen and oxygen atoms in total. The van der Waals surface area contributed by atoms with E-state index in [0.717, 1.165) is 19.0 Å². The van der Waals surface area contributed by atoms with Gasteiger partial charge in [0.05, 0.1) is 13.2 Å². The first-order valence-electron chi connectivity index (χ1n) is 8.84.